The molecule has 0 rings (SSSR count). The summed E-state index contributed by atoms with van der Waals surface area (Å²) >= 11 is 0. The Hall–Kier alpha value is -1.32. The number of rotatable bonds is 29. The third kappa shape index (κ3) is 25.0. The molecule has 2 amide bonds. The Balaban J connectivity index is 3.65. The minimum atomic E-state index is -0.428. The first kappa shape index (κ1) is 36.7. The highest BCUT2D eigenvalue weighted by molar-refractivity contribution is 5.87. The molecular formula is C34H66N2O2. The molecule has 0 fully saturated rings. The van der Waals surface area contributed by atoms with Gasteiger partial charge in [-0.25, -0.2) is 0 Å². The normalized spacial score (nSPS) is 12.0. The van der Waals surface area contributed by atoms with Gasteiger partial charge in [-0.1, -0.05) is 149 Å². The summed E-state index contributed by atoms with van der Waals surface area (Å²) in [5, 5.41) is 6.04. The molecule has 4 nitrogen and oxygen atoms in total. The van der Waals surface area contributed by atoms with Crippen molar-refractivity contribution in [1.82, 2.24) is 10.6 Å². The molecule has 0 aliphatic carbocycles. The van der Waals surface area contributed by atoms with E-state index in [1.807, 2.05) is 19.9 Å². The summed E-state index contributed by atoms with van der Waals surface area (Å²) in [6.45, 7) is 10.8. The maximum absolute atomic E-state index is 12.6. The molecule has 0 spiro atoms. The van der Waals surface area contributed by atoms with Crippen LogP contribution in [0.4, 0.5) is 0 Å². The van der Waals surface area contributed by atoms with Gasteiger partial charge in [-0.15, -0.1) is 6.58 Å². The standard InChI is InChI=1S/C34H66N2O2/c1-5-7-9-11-13-15-16-17-18-19-20-21-22-24-26-28-30-35-34(38)33(31(3)4)36-32(37)29-27-25-23-14-12-10-8-6-2/h6,31,33H,2,5,7-30H2,1,3-4H3,(H,35,38)(H,36,37)/t33-/m0/s1. The van der Waals surface area contributed by atoms with Gasteiger partial charge in [0.05, 0.1) is 0 Å². The monoisotopic (exact) mass is 535 g/mol. The summed E-state index contributed by atoms with van der Waals surface area (Å²) in [5.41, 5.74) is 0. The van der Waals surface area contributed by atoms with Crippen molar-refractivity contribution in [2.24, 2.45) is 5.92 Å². The van der Waals surface area contributed by atoms with Crippen molar-refractivity contribution in [3.05, 3.63) is 12.7 Å². The molecule has 4 heteroatoms. The molecule has 2 N–H and O–H groups in total. The van der Waals surface area contributed by atoms with E-state index < -0.39 is 6.04 Å². The molecule has 0 aromatic carbocycles. The number of amides is 2. The quantitative estimate of drug-likeness (QED) is 0.0741. The van der Waals surface area contributed by atoms with Crippen LogP contribution < -0.4 is 10.6 Å². The molecule has 0 radical (unpaired) electrons. The Kier molecular flexibility index (Phi) is 27.7. The first-order valence-electron chi connectivity index (χ1n) is 16.7. The van der Waals surface area contributed by atoms with E-state index in [-0.39, 0.29) is 17.7 Å². The number of carbonyl (C=O) groups excluding carboxylic acids is 2. The third-order valence-corrected chi connectivity index (χ3v) is 7.66. The molecular weight excluding hydrogens is 468 g/mol. The Morgan fingerprint density at radius 1 is 0.632 bits per heavy atom. The number of hydrogen-bond donors (Lipinski definition) is 2. The van der Waals surface area contributed by atoms with E-state index in [0.29, 0.717) is 13.0 Å². The highest BCUT2D eigenvalue weighted by Crippen LogP contribution is 2.14. The molecule has 1 atom stereocenters. The maximum atomic E-state index is 12.6. The maximum Gasteiger partial charge on any atom is 0.242 e. The largest absolute Gasteiger partial charge is 0.354 e. The zero-order valence-electron chi connectivity index (χ0n) is 25.9. The van der Waals surface area contributed by atoms with Gasteiger partial charge in [0.15, 0.2) is 0 Å². The lowest BCUT2D eigenvalue weighted by molar-refractivity contribution is -0.130. The predicted octanol–water partition coefficient (Wildman–Crippen LogP) is 9.81. The Morgan fingerprint density at radius 3 is 1.50 bits per heavy atom. The average Bonchev–Trinajstić information content (AvgIpc) is 2.90. The highest BCUT2D eigenvalue weighted by Gasteiger charge is 2.23. The fraction of sp³-hybridized carbons (Fsp3) is 0.882. The van der Waals surface area contributed by atoms with Crippen LogP contribution in [0.25, 0.3) is 0 Å². The van der Waals surface area contributed by atoms with Gasteiger partial charge in [-0.3, -0.25) is 9.59 Å². The van der Waals surface area contributed by atoms with Crippen LogP contribution in [0, 0.1) is 5.92 Å². The molecule has 0 aliphatic rings. The van der Waals surface area contributed by atoms with Crippen LogP contribution in [0.15, 0.2) is 12.7 Å². The number of hydrogen-bond acceptors (Lipinski definition) is 2. The number of unbranched alkanes of at least 4 members (excludes halogenated alkanes) is 21. The summed E-state index contributed by atoms with van der Waals surface area (Å²) in [5.74, 6) is 0.0686. The molecule has 0 bridgehead atoms. The molecule has 0 aromatic rings. The zero-order valence-corrected chi connectivity index (χ0v) is 25.9. The smallest absolute Gasteiger partial charge is 0.242 e. The molecule has 224 valence electrons. The van der Waals surface area contributed by atoms with E-state index in [2.05, 4.69) is 24.1 Å². The van der Waals surface area contributed by atoms with Crippen LogP contribution in [0.1, 0.15) is 175 Å². The third-order valence-electron chi connectivity index (χ3n) is 7.66. The van der Waals surface area contributed by atoms with Crippen molar-refractivity contribution in [1.29, 1.82) is 0 Å². The summed E-state index contributed by atoms with van der Waals surface area (Å²) in [6.07, 6.45) is 32.1. The van der Waals surface area contributed by atoms with Gasteiger partial charge in [0.2, 0.25) is 11.8 Å². The van der Waals surface area contributed by atoms with E-state index in [1.54, 1.807) is 0 Å². The Labute approximate surface area is 238 Å². The van der Waals surface area contributed by atoms with Crippen LogP contribution in [0.3, 0.4) is 0 Å². The van der Waals surface area contributed by atoms with Gasteiger partial charge in [0.1, 0.15) is 6.04 Å². The van der Waals surface area contributed by atoms with Crippen LogP contribution in [0.2, 0.25) is 0 Å². The van der Waals surface area contributed by atoms with Crippen molar-refractivity contribution in [3.8, 4) is 0 Å². The second-order valence-electron chi connectivity index (χ2n) is 11.8. The first-order chi connectivity index (χ1) is 18.5. The summed E-state index contributed by atoms with van der Waals surface area (Å²) in [4.78, 5) is 25.0. The minimum Gasteiger partial charge on any atom is -0.354 e. The highest BCUT2D eigenvalue weighted by atomic mass is 16.2. The van der Waals surface area contributed by atoms with Gasteiger partial charge >= 0.3 is 0 Å². The van der Waals surface area contributed by atoms with Gasteiger partial charge in [0, 0.05) is 13.0 Å². The molecule has 0 heterocycles. The lowest BCUT2D eigenvalue weighted by Gasteiger charge is -2.21. The van der Waals surface area contributed by atoms with Crippen LogP contribution in [-0.4, -0.2) is 24.4 Å². The predicted molar refractivity (Wildman–Crippen MR) is 166 cm³/mol. The first-order valence-corrected chi connectivity index (χ1v) is 16.7. The molecule has 0 saturated carbocycles. The van der Waals surface area contributed by atoms with E-state index in [9.17, 15) is 9.59 Å². The van der Waals surface area contributed by atoms with E-state index in [4.69, 9.17) is 0 Å². The zero-order chi connectivity index (χ0) is 28.1. The van der Waals surface area contributed by atoms with Crippen molar-refractivity contribution < 1.29 is 9.59 Å². The van der Waals surface area contributed by atoms with Crippen molar-refractivity contribution in [2.45, 2.75) is 181 Å². The molecule has 0 aromatic heterocycles. The van der Waals surface area contributed by atoms with Gasteiger partial charge in [-0.05, 0) is 31.6 Å². The number of allylic oxidation sites excluding steroid dienone is 1. The van der Waals surface area contributed by atoms with Crippen LogP contribution >= 0.6 is 0 Å². The summed E-state index contributed by atoms with van der Waals surface area (Å²) in [6, 6.07) is -0.428. The second kappa shape index (κ2) is 28.7. The van der Waals surface area contributed by atoms with E-state index in [0.717, 1.165) is 25.7 Å². The molecule has 0 saturated heterocycles. The number of carbonyl (C=O) groups is 2. The Morgan fingerprint density at radius 2 is 1.05 bits per heavy atom. The van der Waals surface area contributed by atoms with Gasteiger partial charge < -0.3 is 10.6 Å². The van der Waals surface area contributed by atoms with Crippen molar-refractivity contribution in [2.75, 3.05) is 6.54 Å². The molecule has 0 aliphatic heterocycles. The summed E-state index contributed by atoms with van der Waals surface area (Å²) in [7, 11) is 0. The van der Waals surface area contributed by atoms with Gasteiger partial charge in [-0.2, -0.15) is 0 Å². The topological polar surface area (TPSA) is 58.2 Å². The lowest BCUT2D eigenvalue weighted by atomic mass is 10.0. The Bertz CT molecular complexity index is 547. The lowest BCUT2D eigenvalue weighted by Crippen LogP contribution is -2.49. The summed E-state index contributed by atoms with van der Waals surface area (Å²) < 4.78 is 0. The fourth-order valence-electron chi connectivity index (χ4n) is 5.06. The van der Waals surface area contributed by atoms with Crippen LogP contribution in [-0.2, 0) is 9.59 Å². The van der Waals surface area contributed by atoms with Crippen molar-refractivity contribution >= 4 is 11.8 Å². The van der Waals surface area contributed by atoms with E-state index in [1.165, 1.54) is 122 Å². The minimum absolute atomic E-state index is 0.00733. The SMILES string of the molecule is C=CCCCCCCCCC(=O)N[C@H](C(=O)NCCCCCCCCCCCCCCCCCC)C(C)C. The fourth-order valence-corrected chi connectivity index (χ4v) is 5.06. The molecule has 38 heavy (non-hydrogen) atoms. The van der Waals surface area contributed by atoms with Crippen LogP contribution in [0.5, 0.6) is 0 Å². The average molecular weight is 535 g/mol. The molecule has 0 unspecified atom stereocenters. The van der Waals surface area contributed by atoms with Gasteiger partial charge in [0.25, 0.3) is 0 Å². The second-order valence-corrected chi connectivity index (χ2v) is 11.8. The van der Waals surface area contributed by atoms with E-state index >= 15 is 0 Å². The van der Waals surface area contributed by atoms with Crippen molar-refractivity contribution in [3.63, 3.8) is 0 Å². The number of nitrogens with one attached hydrogen (secondary N) is 2.